The van der Waals surface area contributed by atoms with Gasteiger partial charge in [-0.3, -0.25) is 10.2 Å². The number of nitrogens with one attached hydrogen (secondary N) is 4. The molecule has 0 atom stereocenters. The highest BCUT2D eigenvalue weighted by Crippen LogP contribution is 2.31. The molecule has 0 spiro atoms. The van der Waals surface area contributed by atoms with Gasteiger partial charge in [-0.2, -0.15) is 0 Å². The summed E-state index contributed by atoms with van der Waals surface area (Å²) in [5.74, 6) is 0. The average Bonchev–Trinajstić information content (AvgIpc) is 3.39. The number of carbonyl (C=O) groups is 1. The van der Waals surface area contributed by atoms with Crippen LogP contribution in [0.5, 0.6) is 0 Å². The molecule has 0 bridgehead atoms. The van der Waals surface area contributed by atoms with Crippen LogP contribution in [0.1, 0.15) is 0 Å². The minimum Gasteiger partial charge on any atom is -0.361 e. The molecule has 1 saturated heterocycles. The van der Waals surface area contributed by atoms with Crippen LogP contribution in [0, 0.1) is 0 Å². The monoisotopic (exact) mass is 420 g/mol. The van der Waals surface area contributed by atoms with E-state index < -0.39 is 0 Å². The van der Waals surface area contributed by atoms with E-state index in [9.17, 15) is 4.79 Å². The van der Waals surface area contributed by atoms with Crippen LogP contribution < -0.4 is 16.0 Å². The van der Waals surface area contributed by atoms with Crippen LogP contribution >= 0.6 is 11.3 Å². The second-order valence-electron chi connectivity index (χ2n) is 7.45. The molecule has 1 aliphatic heterocycles. The van der Waals surface area contributed by atoms with Crippen molar-refractivity contribution in [1.29, 1.82) is 0 Å². The normalized spacial score (nSPS) is 14.9. The highest BCUT2D eigenvalue weighted by atomic mass is 32.1. The van der Waals surface area contributed by atoms with Gasteiger partial charge in [0, 0.05) is 51.0 Å². The van der Waals surface area contributed by atoms with Crippen LogP contribution in [0.3, 0.4) is 0 Å². The summed E-state index contributed by atoms with van der Waals surface area (Å²) in [5.41, 5.74) is 4.30. The molecule has 154 valence electrons. The predicted octanol–water partition coefficient (Wildman–Crippen LogP) is 3.47. The smallest absolute Gasteiger partial charge is 0.321 e. The number of hydrogen-bond acceptors (Lipinski definition) is 5. The minimum atomic E-state index is -0.207. The number of benzene rings is 2. The van der Waals surface area contributed by atoms with E-state index in [-0.39, 0.29) is 6.03 Å². The first-order chi connectivity index (χ1) is 14.7. The molecule has 3 heterocycles. The molecule has 1 aliphatic rings. The van der Waals surface area contributed by atoms with Gasteiger partial charge >= 0.3 is 6.03 Å². The molecule has 7 nitrogen and oxygen atoms in total. The van der Waals surface area contributed by atoms with Gasteiger partial charge in [0.1, 0.15) is 0 Å². The van der Waals surface area contributed by atoms with E-state index in [0.29, 0.717) is 11.7 Å². The first-order valence-electron chi connectivity index (χ1n) is 10.2. The highest BCUT2D eigenvalue weighted by Gasteiger charge is 2.11. The number of aromatic amines is 1. The topological polar surface area (TPSA) is 85.1 Å². The molecule has 2 aromatic carbocycles. The Bertz CT molecular complexity index is 1180. The Labute approximate surface area is 178 Å². The number of hydrogen-bond donors (Lipinski definition) is 4. The van der Waals surface area contributed by atoms with Gasteiger partial charge in [-0.05, 0) is 40.8 Å². The number of rotatable bonds is 5. The van der Waals surface area contributed by atoms with Crippen molar-refractivity contribution in [3.05, 3.63) is 48.7 Å². The van der Waals surface area contributed by atoms with Gasteiger partial charge in [-0.25, -0.2) is 9.78 Å². The van der Waals surface area contributed by atoms with Crippen LogP contribution in [0.25, 0.3) is 32.2 Å². The van der Waals surface area contributed by atoms with Gasteiger partial charge in [0.05, 0.1) is 10.2 Å². The molecule has 0 saturated carbocycles. The third-order valence-electron chi connectivity index (χ3n) is 5.42. The summed E-state index contributed by atoms with van der Waals surface area (Å²) in [6.07, 6.45) is 1.95. The predicted molar refractivity (Wildman–Crippen MR) is 123 cm³/mol. The summed E-state index contributed by atoms with van der Waals surface area (Å²) < 4.78 is 1.05. The molecule has 5 rings (SSSR count). The van der Waals surface area contributed by atoms with Crippen molar-refractivity contribution >= 4 is 43.6 Å². The fraction of sp³-hybridized carbons (Fsp3) is 0.273. The summed E-state index contributed by atoms with van der Waals surface area (Å²) in [7, 11) is 0. The van der Waals surface area contributed by atoms with Crippen molar-refractivity contribution in [1.82, 2.24) is 25.5 Å². The molecule has 0 radical (unpaired) electrons. The van der Waals surface area contributed by atoms with Crippen molar-refractivity contribution in [2.45, 2.75) is 0 Å². The van der Waals surface area contributed by atoms with Crippen LogP contribution in [-0.2, 0) is 0 Å². The largest absolute Gasteiger partial charge is 0.361 e. The van der Waals surface area contributed by atoms with E-state index in [1.165, 1.54) is 16.7 Å². The maximum Gasteiger partial charge on any atom is 0.321 e. The maximum atomic E-state index is 12.2. The lowest BCUT2D eigenvalue weighted by atomic mass is 10.0. The van der Waals surface area contributed by atoms with E-state index in [2.05, 4.69) is 67.2 Å². The third kappa shape index (κ3) is 4.16. The first-order valence-corrected chi connectivity index (χ1v) is 11.0. The number of aromatic nitrogens is 2. The fourth-order valence-corrected chi connectivity index (χ4v) is 4.69. The van der Waals surface area contributed by atoms with E-state index in [1.54, 1.807) is 0 Å². The number of urea groups is 1. The number of H-pyrrole nitrogens is 1. The SMILES string of the molecule is O=C(NCCN1CCNCC1)Nc1nc2ccc(-c3ccc4cc[nH]c4c3)cc2s1. The molecular weight excluding hydrogens is 396 g/mol. The highest BCUT2D eigenvalue weighted by molar-refractivity contribution is 7.22. The summed E-state index contributed by atoms with van der Waals surface area (Å²) in [6, 6.07) is 14.5. The summed E-state index contributed by atoms with van der Waals surface area (Å²) in [6.45, 7) is 5.57. The zero-order valence-corrected chi connectivity index (χ0v) is 17.4. The van der Waals surface area contributed by atoms with Crippen LogP contribution in [0.15, 0.2) is 48.7 Å². The molecule has 1 fully saturated rings. The van der Waals surface area contributed by atoms with Crippen molar-refractivity contribution in [2.24, 2.45) is 0 Å². The molecule has 30 heavy (non-hydrogen) atoms. The van der Waals surface area contributed by atoms with Crippen LogP contribution in [0.4, 0.5) is 9.93 Å². The van der Waals surface area contributed by atoms with Gasteiger partial charge in [-0.1, -0.05) is 29.5 Å². The van der Waals surface area contributed by atoms with Gasteiger partial charge < -0.3 is 15.6 Å². The molecule has 4 N–H and O–H groups in total. The van der Waals surface area contributed by atoms with Gasteiger partial charge in [-0.15, -0.1) is 0 Å². The number of amides is 2. The summed E-state index contributed by atoms with van der Waals surface area (Å²) in [4.78, 5) is 22.4. The lowest BCUT2D eigenvalue weighted by Crippen LogP contribution is -2.46. The Morgan fingerprint density at radius 2 is 1.93 bits per heavy atom. The van der Waals surface area contributed by atoms with Crippen LogP contribution in [0.2, 0.25) is 0 Å². The average molecular weight is 421 g/mol. The minimum absolute atomic E-state index is 0.207. The van der Waals surface area contributed by atoms with Crippen molar-refractivity contribution in [3.8, 4) is 11.1 Å². The van der Waals surface area contributed by atoms with E-state index in [4.69, 9.17) is 0 Å². The Morgan fingerprint density at radius 3 is 2.83 bits per heavy atom. The van der Waals surface area contributed by atoms with Crippen LogP contribution in [-0.4, -0.2) is 60.2 Å². The zero-order valence-electron chi connectivity index (χ0n) is 16.6. The number of piperazine rings is 1. The van der Waals surface area contributed by atoms with Gasteiger partial charge in [0.2, 0.25) is 0 Å². The van der Waals surface area contributed by atoms with E-state index >= 15 is 0 Å². The van der Waals surface area contributed by atoms with E-state index in [1.807, 2.05) is 12.3 Å². The number of anilines is 1. The van der Waals surface area contributed by atoms with Crippen molar-refractivity contribution in [2.75, 3.05) is 44.6 Å². The Hall–Kier alpha value is -2.94. The summed E-state index contributed by atoms with van der Waals surface area (Å²) >= 11 is 1.49. The maximum absolute atomic E-state index is 12.2. The van der Waals surface area contributed by atoms with E-state index in [0.717, 1.165) is 59.6 Å². The molecule has 8 heteroatoms. The Balaban J connectivity index is 1.24. The van der Waals surface area contributed by atoms with Gasteiger partial charge in [0.15, 0.2) is 5.13 Å². The van der Waals surface area contributed by atoms with Crippen molar-refractivity contribution in [3.63, 3.8) is 0 Å². The standard InChI is InChI=1S/C22H24N6OS/c29-21(25-9-12-28-10-7-23-8-11-28)27-22-26-18-4-3-17(14-20(18)30-22)16-2-1-15-5-6-24-19(15)13-16/h1-6,13-14,23-24H,7-12H2,(H2,25,26,27,29). The molecule has 0 unspecified atom stereocenters. The number of nitrogens with zero attached hydrogens (tertiary/aromatic N) is 2. The second-order valence-corrected chi connectivity index (χ2v) is 8.48. The van der Waals surface area contributed by atoms with Gasteiger partial charge in [0.25, 0.3) is 0 Å². The lowest BCUT2D eigenvalue weighted by Gasteiger charge is -2.27. The zero-order chi connectivity index (χ0) is 20.3. The Kier molecular flexibility index (Phi) is 5.35. The third-order valence-corrected chi connectivity index (χ3v) is 6.35. The Morgan fingerprint density at radius 1 is 1.10 bits per heavy atom. The molecular formula is C22H24N6OS. The van der Waals surface area contributed by atoms with Crippen molar-refractivity contribution < 1.29 is 4.79 Å². The lowest BCUT2D eigenvalue weighted by molar-refractivity contribution is 0.233. The number of thiazole rings is 1. The second kappa shape index (κ2) is 8.43. The number of carbonyl (C=O) groups excluding carboxylic acids is 1. The fourth-order valence-electron chi connectivity index (χ4n) is 3.79. The quantitative estimate of drug-likeness (QED) is 0.398. The number of fused-ring (bicyclic) bond motifs is 2. The molecule has 4 aromatic rings. The molecule has 2 amide bonds. The molecule has 0 aliphatic carbocycles. The molecule has 2 aromatic heterocycles. The first kappa shape index (κ1) is 19.0. The summed E-state index contributed by atoms with van der Waals surface area (Å²) in [5, 5.41) is 10.9.